The maximum absolute atomic E-state index is 13.4. The fraction of sp³-hybridized carbons (Fsp3) is 0.650. The quantitative estimate of drug-likeness (QED) is 0.904. The molecule has 1 saturated carbocycles. The topological polar surface area (TPSA) is 50.4 Å². The van der Waals surface area contributed by atoms with Crippen molar-refractivity contribution in [2.45, 2.75) is 65.9 Å². The van der Waals surface area contributed by atoms with E-state index in [0.717, 1.165) is 42.4 Å². The molecule has 3 nitrogen and oxygen atoms in total. The minimum atomic E-state index is -0.514. The van der Waals surface area contributed by atoms with Crippen LogP contribution in [0.3, 0.4) is 0 Å². The Labute approximate surface area is 138 Å². The first-order valence-corrected chi connectivity index (χ1v) is 8.77. The number of allylic oxidation sites excluding steroid dienone is 1. The number of aliphatic hydroxyl groups is 1. The molecule has 0 amide bonds. The zero-order valence-corrected chi connectivity index (χ0v) is 14.7. The van der Waals surface area contributed by atoms with Crippen molar-refractivity contribution >= 4 is 5.78 Å². The summed E-state index contributed by atoms with van der Waals surface area (Å²) < 4.78 is 5.16. The van der Waals surface area contributed by atoms with Gasteiger partial charge in [-0.2, -0.15) is 0 Å². The van der Waals surface area contributed by atoms with Gasteiger partial charge in [0, 0.05) is 23.3 Å². The number of rotatable bonds is 3. The second-order valence-corrected chi connectivity index (χ2v) is 8.18. The minimum Gasteiger partial charge on any atom is -0.472 e. The van der Waals surface area contributed by atoms with Crippen LogP contribution in [-0.4, -0.2) is 17.0 Å². The number of hydrogen-bond acceptors (Lipinski definition) is 3. The standard InChI is InChI=1S/C20H28O3/c1-5-14-15(11-13-7-10-23-12-13)18(22)20(4)9-6-8-19(2,3)17(20)16(14)21/h7,10,12,16-17,21H,5-6,8-9,11H2,1-4H3/t16-,17-,20+/m1/s1. The highest BCUT2D eigenvalue weighted by Crippen LogP contribution is 2.57. The van der Waals surface area contributed by atoms with Gasteiger partial charge in [-0.3, -0.25) is 4.79 Å². The van der Waals surface area contributed by atoms with Crippen LogP contribution in [0.15, 0.2) is 34.2 Å². The number of hydrogen-bond donors (Lipinski definition) is 1. The smallest absolute Gasteiger partial charge is 0.165 e. The third-order valence-electron chi connectivity index (χ3n) is 6.24. The summed E-state index contributed by atoms with van der Waals surface area (Å²) in [4.78, 5) is 13.4. The first-order chi connectivity index (χ1) is 10.8. The lowest BCUT2D eigenvalue weighted by Gasteiger charge is -2.55. The third kappa shape index (κ3) is 2.50. The summed E-state index contributed by atoms with van der Waals surface area (Å²) in [5, 5.41) is 11.1. The molecule has 0 aromatic carbocycles. The van der Waals surface area contributed by atoms with E-state index in [1.54, 1.807) is 12.5 Å². The highest BCUT2D eigenvalue weighted by atomic mass is 16.3. The molecular weight excluding hydrogens is 288 g/mol. The molecule has 0 aliphatic heterocycles. The molecule has 3 heteroatoms. The number of Topliss-reactive ketones (excluding diaryl/α,β-unsaturated/α-hetero) is 1. The van der Waals surface area contributed by atoms with Gasteiger partial charge in [-0.05, 0) is 41.9 Å². The molecule has 2 aliphatic carbocycles. The molecule has 0 radical (unpaired) electrons. The van der Waals surface area contributed by atoms with Crippen LogP contribution < -0.4 is 0 Å². The second-order valence-electron chi connectivity index (χ2n) is 8.18. The van der Waals surface area contributed by atoms with Crippen molar-refractivity contribution in [3.63, 3.8) is 0 Å². The van der Waals surface area contributed by atoms with Crippen molar-refractivity contribution in [1.82, 2.24) is 0 Å². The van der Waals surface area contributed by atoms with E-state index in [9.17, 15) is 9.90 Å². The van der Waals surface area contributed by atoms with Crippen LogP contribution in [0.25, 0.3) is 0 Å². The first kappa shape index (κ1) is 16.5. The van der Waals surface area contributed by atoms with Gasteiger partial charge >= 0.3 is 0 Å². The minimum absolute atomic E-state index is 0.0103. The average Bonchev–Trinajstić information content (AvgIpc) is 2.97. The number of fused-ring (bicyclic) bond motifs is 1. The monoisotopic (exact) mass is 316 g/mol. The lowest BCUT2D eigenvalue weighted by molar-refractivity contribution is -0.144. The highest BCUT2D eigenvalue weighted by Gasteiger charge is 2.57. The molecule has 126 valence electrons. The first-order valence-electron chi connectivity index (χ1n) is 8.77. The van der Waals surface area contributed by atoms with Crippen LogP contribution in [-0.2, 0) is 11.2 Å². The number of carbonyl (C=O) groups is 1. The van der Waals surface area contributed by atoms with Crippen molar-refractivity contribution in [2.24, 2.45) is 16.7 Å². The summed E-state index contributed by atoms with van der Waals surface area (Å²) in [5.74, 6) is 0.262. The number of aliphatic hydroxyl groups excluding tert-OH is 1. The van der Waals surface area contributed by atoms with Crippen LogP contribution in [0.1, 0.15) is 58.9 Å². The van der Waals surface area contributed by atoms with Gasteiger partial charge in [0.05, 0.1) is 18.6 Å². The lowest BCUT2D eigenvalue weighted by Crippen LogP contribution is -2.56. The van der Waals surface area contributed by atoms with Gasteiger partial charge in [-0.25, -0.2) is 0 Å². The van der Waals surface area contributed by atoms with E-state index in [-0.39, 0.29) is 17.1 Å². The third-order valence-corrected chi connectivity index (χ3v) is 6.24. The zero-order valence-electron chi connectivity index (χ0n) is 14.7. The normalized spacial score (nSPS) is 33.7. The van der Waals surface area contributed by atoms with E-state index in [0.29, 0.717) is 6.42 Å². The van der Waals surface area contributed by atoms with Crippen molar-refractivity contribution in [3.8, 4) is 0 Å². The largest absolute Gasteiger partial charge is 0.472 e. The molecule has 0 bridgehead atoms. The van der Waals surface area contributed by atoms with Gasteiger partial charge in [0.1, 0.15) is 0 Å². The fourth-order valence-corrected chi connectivity index (χ4v) is 5.20. The Morgan fingerprint density at radius 3 is 2.65 bits per heavy atom. The van der Waals surface area contributed by atoms with Crippen LogP contribution in [0.4, 0.5) is 0 Å². The van der Waals surface area contributed by atoms with E-state index in [2.05, 4.69) is 20.8 Å². The summed E-state index contributed by atoms with van der Waals surface area (Å²) in [5.41, 5.74) is 2.30. The number of ketones is 1. The van der Waals surface area contributed by atoms with E-state index >= 15 is 0 Å². The van der Waals surface area contributed by atoms with Gasteiger partial charge in [0.15, 0.2) is 5.78 Å². The predicted octanol–water partition coefficient (Wildman–Crippen LogP) is 4.30. The van der Waals surface area contributed by atoms with Crippen LogP contribution in [0, 0.1) is 16.7 Å². The fourth-order valence-electron chi connectivity index (χ4n) is 5.20. The predicted molar refractivity (Wildman–Crippen MR) is 90.0 cm³/mol. The molecular formula is C20H28O3. The molecule has 0 unspecified atom stereocenters. The van der Waals surface area contributed by atoms with Gasteiger partial charge in [-0.1, -0.05) is 34.1 Å². The van der Waals surface area contributed by atoms with E-state index in [1.165, 1.54) is 0 Å². The summed E-state index contributed by atoms with van der Waals surface area (Å²) in [6, 6.07) is 1.90. The van der Waals surface area contributed by atoms with Gasteiger partial charge in [0.25, 0.3) is 0 Å². The molecule has 3 atom stereocenters. The Hall–Kier alpha value is -1.35. The Kier molecular flexibility index (Phi) is 4.04. The molecule has 0 spiro atoms. The summed E-state index contributed by atoms with van der Waals surface area (Å²) >= 11 is 0. The van der Waals surface area contributed by atoms with Crippen LogP contribution >= 0.6 is 0 Å². The van der Waals surface area contributed by atoms with E-state index in [1.807, 2.05) is 13.0 Å². The summed E-state index contributed by atoms with van der Waals surface area (Å²) in [6.07, 6.45) is 7.12. The molecule has 1 N–H and O–H groups in total. The summed E-state index contributed by atoms with van der Waals surface area (Å²) in [6.45, 7) is 8.53. The van der Waals surface area contributed by atoms with Crippen molar-refractivity contribution in [2.75, 3.05) is 0 Å². The Balaban J connectivity index is 2.09. The second kappa shape index (κ2) is 5.62. The Bertz CT molecular complexity index is 623. The number of furan rings is 1. The Morgan fingerprint density at radius 1 is 1.30 bits per heavy atom. The zero-order chi connectivity index (χ0) is 16.8. The lowest BCUT2D eigenvalue weighted by atomic mass is 9.49. The molecule has 3 rings (SSSR count). The van der Waals surface area contributed by atoms with E-state index in [4.69, 9.17) is 4.42 Å². The molecule has 0 saturated heterocycles. The highest BCUT2D eigenvalue weighted by molar-refractivity contribution is 6.02. The molecule has 2 aliphatic rings. The Morgan fingerprint density at radius 2 is 2.04 bits per heavy atom. The van der Waals surface area contributed by atoms with Crippen molar-refractivity contribution in [3.05, 3.63) is 35.3 Å². The SMILES string of the molecule is CCC1=C(Cc2ccoc2)C(=O)[C@@]2(C)CCCC(C)(C)[C@H]2[C@@H]1O. The number of carbonyl (C=O) groups excluding carboxylic acids is 1. The average molecular weight is 316 g/mol. The molecule has 1 heterocycles. The molecule has 1 aromatic heterocycles. The van der Waals surface area contributed by atoms with Crippen LogP contribution in [0.2, 0.25) is 0 Å². The van der Waals surface area contributed by atoms with Crippen LogP contribution in [0.5, 0.6) is 0 Å². The maximum atomic E-state index is 13.4. The van der Waals surface area contributed by atoms with Gasteiger partial charge < -0.3 is 9.52 Å². The molecule has 1 aromatic rings. The maximum Gasteiger partial charge on any atom is 0.165 e. The van der Waals surface area contributed by atoms with Crippen molar-refractivity contribution in [1.29, 1.82) is 0 Å². The van der Waals surface area contributed by atoms with Gasteiger partial charge in [-0.15, -0.1) is 0 Å². The summed E-state index contributed by atoms with van der Waals surface area (Å²) in [7, 11) is 0. The van der Waals surface area contributed by atoms with Crippen molar-refractivity contribution < 1.29 is 14.3 Å². The van der Waals surface area contributed by atoms with E-state index < -0.39 is 11.5 Å². The molecule has 23 heavy (non-hydrogen) atoms. The van der Waals surface area contributed by atoms with Gasteiger partial charge in [0.2, 0.25) is 0 Å². The molecule has 1 fully saturated rings.